The zero-order valence-electron chi connectivity index (χ0n) is 14.5. The molecule has 0 N–H and O–H groups in total. The molecule has 0 saturated heterocycles. The Balaban J connectivity index is 1.39. The molecule has 0 amide bonds. The molecule has 0 aliphatic carbocycles. The van der Waals surface area contributed by atoms with E-state index in [0.29, 0.717) is 40.8 Å². The maximum Gasteiger partial charge on any atom is 0.358 e. The van der Waals surface area contributed by atoms with Crippen molar-refractivity contribution in [2.75, 3.05) is 19.8 Å². The fraction of sp³-hybridized carbons (Fsp3) is 0.150. The number of rotatable bonds is 5. The molecule has 142 valence electrons. The van der Waals surface area contributed by atoms with E-state index in [1.807, 2.05) is 0 Å². The molecule has 1 aromatic heterocycles. The van der Waals surface area contributed by atoms with Gasteiger partial charge in [0.05, 0.1) is 0 Å². The van der Waals surface area contributed by atoms with Gasteiger partial charge in [-0.05, 0) is 42.5 Å². The van der Waals surface area contributed by atoms with Crippen LogP contribution in [0.5, 0.6) is 11.5 Å². The zero-order valence-corrected chi connectivity index (χ0v) is 15.3. The van der Waals surface area contributed by atoms with Crippen LogP contribution in [0.4, 0.5) is 4.39 Å². The molecule has 0 unspecified atom stereocenters. The smallest absolute Gasteiger partial charge is 0.358 e. The average Bonchev–Trinajstić information content (AvgIpc) is 3.22. The summed E-state index contributed by atoms with van der Waals surface area (Å²) in [5.41, 5.74) is 1.15. The van der Waals surface area contributed by atoms with Crippen LogP contribution in [0.1, 0.15) is 20.8 Å². The molecule has 2 heterocycles. The van der Waals surface area contributed by atoms with Gasteiger partial charge in [0.25, 0.3) is 0 Å². The van der Waals surface area contributed by atoms with Crippen molar-refractivity contribution in [3.8, 4) is 22.1 Å². The number of carbonyl (C=O) groups excluding carboxylic acids is 2. The van der Waals surface area contributed by atoms with Crippen LogP contribution in [-0.4, -0.2) is 36.6 Å². The molecule has 0 fully saturated rings. The molecule has 4 rings (SSSR count). The molecule has 0 spiro atoms. The number of hydrogen-bond acceptors (Lipinski definition) is 7. The fourth-order valence-electron chi connectivity index (χ4n) is 2.60. The Labute approximate surface area is 163 Å². The van der Waals surface area contributed by atoms with Crippen LogP contribution in [0.2, 0.25) is 0 Å². The third kappa shape index (κ3) is 3.86. The topological polar surface area (TPSA) is 74.7 Å². The summed E-state index contributed by atoms with van der Waals surface area (Å²) in [7, 11) is 0. The van der Waals surface area contributed by atoms with Crippen LogP contribution in [0.25, 0.3) is 10.6 Å². The summed E-state index contributed by atoms with van der Waals surface area (Å²) in [5.74, 6) is -0.338. The molecular formula is C20H14FNO5S. The van der Waals surface area contributed by atoms with Gasteiger partial charge in [-0.3, -0.25) is 4.79 Å². The van der Waals surface area contributed by atoms with E-state index in [4.69, 9.17) is 14.2 Å². The van der Waals surface area contributed by atoms with Crippen molar-refractivity contribution in [2.24, 2.45) is 0 Å². The highest BCUT2D eigenvalue weighted by molar-refractivity contribution is 7.13. The summed E-state index contributed by atoms with van der Waals surface area (Å²) in [6.07, 6.45) is 0. The molecule has 1 aliphatic rings. The number of esters is 1. The molecule has 3 aromatic rings. The third-order valence-corrected chi connectivity index (χ3v) is 4.89. The lowest BCUT2D eigenvalue weighted by Crippen LogP contribution is -2.17. The van der Waals surface area contributed by atoms with Gasteiger partial charge in [0.2, 0.25) is 0 Å². The predicted molar refractivity (Wildman–Crippen MR) is 99.6 cm³/mol. The number of nitrogens with zero attached hydrogens (tertiary/aromatic N) is 1. The monoisotopic (exact) mass is 399 g/mol. The maximum atomic E-state index is 13.0. The molecule has 8 heteroatoms. The van der Waals surface area contributed by atoms with Crippen LogP contribution in [-0.2, 0) is 4.74 Å². The molecule has 0 radical (unpaired) electrons. The van der Waals surface area contributed by atoms with Gasteiger partial charge in [0, 0.05) is 16.5 Å². The number of ether oxygens (including phenoxy) is 3. The minimum absolute atomic E-state index is 0.0966. The number of benzene rings is 2. The second-order valence-electron chi connectivity index (χ2n) is 5.90. The quantitative estimate of drug-likeness (QED) is 0.480. The minimum Gasteiger partial charge on any atom is -0.486 e. The van der Waals surface area contributed by atoms with Gasteiger partial charge >= 0.3 is 5.97 Å². The summed E-state index contributed by atoms with van der Waals surface area (Å²) in [5, 5.41) is 2.10. The lowest BCUT2D eigenvalue weighted by molar-refractivity contribution is 0.0469. The molecule has 0 saturated carbocycles. The Morgan fingerprint density at radius 3 is 2.61 bits per heavy atom. The van der Waals surface area contributed by atoms with Crippen molar-refractivity contribution in [2.45, 2.75) is 0 Å². The number of carbonyl (C=O) groups is 2. The lowest BCUT2D eigenvalue weighted by Gasteiger charge is -2.18. The molecule has 2 aromatic carbocycles. The van der Waals surface area contributed by atoms with Gasteiger partial charge in [-0.2, -0.15) is 0 Å². The maximum absolute atomic E-state index is 13.0. The van der Waals surface area contributed by atoms with E-state index in [1.165, 1.54) is 28.8 Å². The van der Waals surface area contributed by atoms with E-state index in [9.17, 15) is 14.0 Å². The molecular weight excluding hydrogens is 385 g/mol. The predicted octanol–water partition coefficient (Wildman–Crippen LogP) is 3.76. The highest BCUT2D eigenvalue weighted by Gasteiger charge is 2.18. The number of aromatic nitrogens is 1. The molecule has 1 aliphatic heterocycles. The summed E-state index contributed by atoms with van der Waals surface area (Å²) in [6.45, 7) is 0.465. The van der Waals surface area contributed by atoms with Crippen LogP contribution in [0.3, 0.4) is 0 Å². The van der Waals surface area contributed by atoms with Crippen molar-refractivity contribution < 1.29 is 28.2 Å². The van der Waals surface area contributed by atoms with Crippen LogP contribution in [0, 0.1) is 5.82 Å². The highest BCUT2D eigenvalue weighted by Crippen LogP contribution is 2.31. The van der Waals surface area contributed by atoms with E-state index < -0.39 is 12.6 Å². The lowest BCUT2D eigenvalue weighted by atomic mass is 10.1. The van der Waals surface area contributed by atoms with Gasteiger partial charge in [0.15, 0.2) is 29.6 Å². The highest BCUT2D eigenvalue weighted by atomic mass is 32.1. The van der Waals surface area contributed by atoms with E-state index in [1.54, 1.807) is 30.3 Å². The average molecular weight is 399 g/mol. The summed E-state index contributed by atoms with van der Waals surface area (Å²) in [6, 6.07) is 10.6. The first-order valence-electron chi connectivity index (χ1n) is 8.41. The Bertz CT molecular complexity index is 1030. The van der Waals surface area contributed by atoms with Crippen molar-refractivity contribution in [1.82, 2.24) is 4.98 Å². The van der Waals surface area contributed by atoms with Crippen LogP contribution in [0.15, 0.2) is 47.8 Å². The van der Waals surface area contributed by atoms with Crippen molar-refractivity contribution in [3.05, 3.63) is 64.9 Å². The summed E-state index contributed by atoms with van der Waals surface area (Å²) < 4.78 is 28.9. The number of hydrogen-bond donors (Lipinski definition) is 0. The second kappa shape index (κ2) is 7.77. The Hall–Kier alpha value is -3.26. The number of thiazole rings is 1. The molecule has 0 atom stereocenters. The van der Waals surface area contributed by atoms with Gasteiger partial charge < -0.3 is 14.2 Å². The van der Waals surface area contributed by atoms with Gasteiger partial charge in [-0.15, -0.1) is 11.3 Å². The van der Waals surface area contributed by atoms with Crippen molar-refractivity contribution >= 4 is 23.1 Å². The molecule has 6 nitrogen and oxygen atoms in total. The molecule has 28 heavy (non-hydrogen) atoms. The van der Waals surface area contributed by atoms with E-state index in [-0.39, 0.29) is 17.3 Å². The summed E-state index contributed by atoms with van der Waals surface area (Å²) >= 11 is 1.23. The van der Waals surface area contributed by atoms with Crippen LogP contribution >= 0.6 is 11.3 Å². The van der Waals surface area contributed by atoms with Crippen molar-refractivity contribution in [3.63, 3.8) is 0 Å². The standard InChI is InChI=1S/C20H14FNO5S/c21-14-4-1-12(2-5-14)19-22-15(11-28-19)20(24)27-10-16(23)13-3-6-17-18(9-13)26-8-7-25-17/h1-6,9,11H,7-8,10H2. The fourth-order valence-corrected chi connectivity index (χ4v) is 3.39. The Kier molecular flexibility index (Phi) is 5.03. The normalized spacial score (nSPS) is 12.5. The van der Waals surface area contributed by atoms with Crippen molar-refractivity contribution in [1.29, 1.82) is 0 Å². The van der Waals surface area contributed by atoms with Crippen LogP contribution < -0.4 is 9.47 Å². The zero-order chi connectivity index (χ0) is 19.5. The second-order valence-corrected chi connectivity index (χ2v) is 6.76. The largest absolute Gasteiger partial charge is 0.486 e. The number of Topliss-reactive ketones (excluding diaryl/α,β-unsaturated/α-hetero) is 1. The molecule has 0 bridgehead atoms. The summed E-state index contributed by atoms with van der Waals surface area (Å²) in [4.78, 5) is 28.7. The number of ketones is 1. The van der Waals surface area contributed by atoms with E-state index in [0.717, 1.165) is 0 Å². The third-order valence-electron chi connectivity index (χ3n) is 4.00. The first kappa shape index (κ1) is 18.1. The van der Waals surface area contributed by atoms with Gasteiger partial charge in [0.1, 0.15) is 24.0 Å². The van der Waals surface area contributed by atoms with E-state index >= 15 is 0 Å². The first-order chi connectivity index (χ1) is 13.6. The van der Waals surface area contributed by atoms with E-state index in [2.05, 4.69) is 4.98 Å². The first-order valence-corrected chi connectivity index (χ1v) is 9.29. The SMILES string of the molecule is O=C(COC(=O)c1csc(-c2ccc(F)cc2)n1)c1ccc2c(c1)OCCO2. The van der Waals surface area contributed by atoms with Gasteiger partial charge in [-0.25, -0.2) is 14.2 Å². The Morgan fingerprint density at radius 2 is 1.82 bits per heavy atom. The minimum atomic E-state index is -0.699. The Morgan fingerprint density at radius 1 is 1.07 bits per heavy atom. The van der Waals surface area contributed by atoms with Gasteiger partial charge in [-0.1, -0.05) is 0 Å². The number of halogens is 1. The number of fused-ring (bicyclic) bond motifs is 1.